The minimum Gasteiger partial charge on any atom is -0.370 e. The summed E-state index contributed by atoms with van der Waals surface area (Å²) in [5.74, 6) is 0. The van der Waals surface area contributed by atoms with Gasteiger partial charge in [-0.2, -0.15) is 5.10 Å². The van der Waals surface area contributed by atoms with Crippen LogP contribution in [0.4, 0.5) is 5.69 Å². The standard InChI is InChI=1S/C19H18N6O/c1-13-11-25-18(20-13)7-5-15(22-25)16-10-19(26)24-12-14(4-6-17(24)21-16)23-8-2-3-9-23/h4-7,10-12H,2-3,8-9H2,1H3. The Labute approximate surface area is 149 Å². The minimum absolute atomic E-state index is 0.102. The number of anilines is 1. The van der Waals surface area contributed by atoms with Crippen molar-refractivity contribution in [3.05, 3.63) is 58.8 Å². The molecule has 1 aliphatic heterocycles. The molecule has 0 aliphatic carbocycles. The molecule has 0 saturated carbocycles. The lowest BCUT2D eigenvalue weighted by atomic mass is 10.2. The zero-order chi connectivity index (χ0) is 17.7. The van der Waals surface area contributed by atoms with Gasteiger partial charge >= 0.3 is 0 Å². The molecule has 7 nitrogen and oxygen atoms in total. The smallest absolute Gasteiger partial charge is 0.258 e. The van der Waals surface area contributed by atoms with Crippen molar-refractivity contribution in [2.75, 3.05) is 18.0 Å². The summed E-state index contributed by atoms with van der Waals surface area (Å²) >= 11 is 0. The van der Waals surface area contributed by atoms with Crippen molar-refractivity contribution in [2.24, 2.45) is 0 Å². The van der Waals surface area contributed by atoms with E-state index in [9.17, 15) is 4.79 Å². The van der Waals surface area contributed by atoms with Gasteiger partial charge in [0.15, 0.2) is 5.65 Å². The van der Waals surface area contributed by atoms with Gasteiger partial charge in [0.1, 0.15) is 11.3 Å². The maximum atomic E-state index is 12.7. The number of hydrogen-bond acceptors (Lipinski definition) is 5. The molecule has 0 N–H and O–H groups in total. The van der Waals surface area contributed by atoms with Crippen molar-refractivity contribution in [3.63, 3.8) is 0 Å². The minimum atomic E-state index is -0.102. The molecular formula is C19H18N6O. The maximum Gasteiger partial charge on any atom is 0.258 e. The third kappa shape index (κ3) is 2.44. The Morgan fingerprint density at radius 2 is 1.73 bits per heavy atom. The number of pyridine rings is 1. The highest BCUT2D eigenvalue weighted by Crippen LogP contribution is 2.21. The van der Waals surface area contributed by atoms with E-state index in [0.717, 1.165) is 30.1 Å². The number of imidazole rings is 1. The monoisotopic (exact) mass is 346 g/mol. The highest BCUT2D eigenvalue weighted by atomic mass is 16.1. The van der Waals surface area contributed by atoms with E-state index >= 15 is 0 Å². The zero-order valence-corrected chi connectivity index (χ0v) is 14.5. The van der Waals surface area contributed by atoms with Crippen molar-refractivity contribution in [1.29, 1.82) is 0 Å². The molecule has 5 rings (SSSR count). The fourth-order valence-corrected chi connectivity index (χ4v) is 3.52. The third-order valence-corrected chi connectivity index (χ3v) is 4.82. The van der Waals surface area contributed by atoms with Crippen LogP contribution in [0, 0.1) is 6.92 Å². The Morgan fingerprint density at radius 1 is 0.923 bits per heavy atom. The first-order chi connectivity index (χ1) is 12.7. The molecule has 7 heteroatoms. The van der Waals surface area contributed by atoms with Gasteiger partial charge in [-0.1, -0.05) is 0 Å². The number of rotatable bonds is 2. The van der Waals surface area contributed by atoms with Crippen LogP contribution < -0.4 is 10.5 Å². The first-order valence-electron chi connectivity index (χ1n) is 8.79. The molecule has 4 aromatic heterocycles. The van der Waals surface area contributed by atoms with Crippen LogP contribution >= 0.6 is 0 Å². The molecule has 5 heterocycles. The Balaban J connectivity index is 1.61. The molecule has 1 fully saturated rings. The summed E-state index contributed by atoms with van der Waals surface area (Å²) in [5.41, 5.74) is 4.49. The van der Waals surface area contributed by atoms with Crippen molar-refractivity contribution < 1.29 is 0 Å². The van der Waals surface area contributed by atoms with Gasteiger partial charge in [0.25, 0.3) is 5.56 Å². The lowest BCUT2D eigenvalue weighted by molar-refractivity contribution is 0.928. The SMILES string of the molecule is Cc1cn2nc(-c3cc(=O)n4cc(N5CCCC5)ccc4n3)ccc2n1. The average molecular weight is 346 g/mol. The average Bonchev–Trinajstić information content (AvgIpc) is 3.29. The normalized spacial score (nSPS) is 14.6. The lowest BCUT2D eigenvalue weighted by Gasteiger charge is -2.18. The van der Waals surface area contributed by atoms with Crippen molar-refractivity contribution >= 4 is 17.0 Å². The van der Waals surface area contributed by atoms with Crippen molar-refractivity contribution in [3.8, 4) is 11.4 Å². The Hall–Kier alpha value is -3.22. The van der Waals surface area contributed by atoms with Crippen molar-refractivity contribution in [2.45, 2.75) is 19.8 Å². The van der Waals surface area contributed by atoms with E-state index in [-0.39, 0.29) is 5.56 Å². The fraction of sp³-hybridized carbons (Fsp3) is 0.263. The summed E-state index contributed by atoms with van der Waals surface area (Å²) < 4.78 is 3.32. The van der Waals surface area contributed by atoms with Gasteiger partial charge in [0.05, 0.1) is 23.3 Å². The number of hydrogen-bond donors (Lipinski definition) is 0. The van der Waals surface area contributed by atoms with E-state index in [1.165, 1.54) is 12.8 Å². The number of aromatic nitrogens is 5. The second kappa shape index (κ2) is 5.66. The Bertz CT molecular complexity index is 1190. The summed E-state index contributed by atoms with van der Waals surface area (Å²) in [4.78, 5) is 24.0. The topological polar surface area (TPSA) is 67.8 Å². The van der Waals surface area contributed by atoms with E-state index in [1.54, 1.807) is 15.0 Å². The quantitative estimate of drug-likeness (QED) is 0.557. The first kappa shape index (κ1) is 15.1. The van der Waals surface area contributed by atoms with Gasteiger partial charge < -0.3 is 4.90 Å². The summed E-state index contributed by atoms with van der Waals surface area (Å²) in [7, 11) is 0. The second-order valence-electron chi connectivity index (χ2n) is 6.69. The number of aryl methyl sites for hydroxylation is 1. The predicted molar refractivity (Wildman–Crippen MR) is 99.6 cm³/mol. The highest BCUT2D eigenvalue weighted by molar-refractivity contribution is 5.60. The largest absolute Gasteiger partial charge is 0.370 e. The van der Waals surface area contributed by atoms with Gasteiger partial charge in [-0.3, -0.25) is 9.20 Å². The maximum absolute atomic E-state index is 12.7. The van der Waals surface area contributed by atoms with Gasteiger partial charge in [-0.25, -0.2) is 14.5 Å². The van der Waals surface area contributed by atoms with Crippen LogP contribution in [0.15, 0.2) is 47.5 Å². The number of fused-ring (bicyclic) bond motifs is 2. The molecule has 0 bridgehead atoms. The van der Waals surface area contributed by atoms with Crippen LogP contribution in [-0.2, 0) is 0 Å². The zero-order valence-electron chi connectivity index (χ0n) is 14.5. The summed E-state index contributed by atoms with van der Waals surface area (Å²) in [6.07, 6.45) is 6.14. The predicted octanol–water partition coefficient (Wildman–Crippen LogP) is 2.31. The summed E-state index contributed by atoms with van der Waals surface area (Å²) in [5, 5.41) is 4.53. The van der Waals surface area contributed by atoms with Gasteiger partial charge in [0, 0.05) is 25.4 Å². The molecule has 26 heavy (non-hydrogen) atoms. The molecule has 0 spiro atoms. The van der Waals surface area contributed by atoms with E-state index in [2.05, 4.69) is 20.0 Å². The molecule has 1 aliphatic rings. The van der Waals surface area contributed by atoms with Gasteiger partial charge in [-0.05, 0) is 44.0 Å². The van der Waals surface area contributed by atoms with Crippen LogP contribution in [0.25, 0.3) is 22.7 Å². The molecule has 1 saturated heterocycles. The van der Waals surface area contributed by atoms with Crippen LogP contribution in [0.2, 0.25) is 0 Å². The van der Waals surface area contributed by atoms with Crippen molar-refractivity contribution in [1.82, 2.24) is 24.0 Å². The van der Waals surface area contributed by atoms with E-state index < -0.39 is 0 Å². The summed E-state index contributed by atoms with van der Waals surface area (Å²) in [6.45, 7) is 4.01. The molecular weight excluding hydrogens is 328 g/mol. The molecule has 0 atom stereocenters. The van der Waals surface area contributed by atoms with Crippen LogP contribution in [0.3, 0.4) is 0 Å². The number of nitrogens with zero attached hydrogens (tertiary/aromatic N) is 6. The molecule has 0 unspecified atom stereocenters. The molecule has 0 aromatic carbocycles. The summed E-state index contributed by atoms with van der Waals surface area (Å²) in [6, 6.07) is 9.21. The third-order valence-electron chi connectivity index (χ3n) is 4.82. The Kier molecular flexibility index (Phi) is 3.28. The van der Waals surface area contributed by atoms with Gasteiger partial charge in [-0.15, -0.1) is 0 Å². The fourth-order valence-electron chi connectivity index (χ4n) is 3.52. The Morgan fingerprint density at radius 3 is 2.58 bits per heavy atom. The van der Waals surface area contributed by atoms with Crippen LogP contribution in [-0.4, -0.2) is 37.1 Å². The molecule has 130 valence electrons. The molecule has 0 radical (unpaired) electrons. The lowest BCUT2D eigenvalue weighted by Crippen LogP contribution is -2.20. The molecule has 4 aromatic rings. The highest BCUT2D eigenvalue weighted by Gasteiger charge is 2.14. The van der Waals surface area contributed by atoms with Gasteiger partial charge in [0.2, 0.25) is 0 Å². The second-order valence-corrected chi connectivity index (χ2v) is 6.69. The van der Waals surface area contributed by atoms with E-state index in [4.69, 9.17) is 0 Å². The van der Waals surface area contributed by atoms with Crippen LogP contribution in [0.5, 0.6) is 0 Å². The van der Waals surface area contributed by atoms with Crippen LogP contribution in [0.1, 0.15) is 18.5 Å². The first-order valence-corrected chi connectivity index (χ1v) is 8.79. The van der Waals surface area contributed by atoms with E-state index in [0.29, 0.717) is 17.0 Å². The molecule has 0 amide bonds. The van der Waals surface area contributed by atoms with E-state index in [1.807, 2.05) is 43.6 Å².